The minimum atomic E-state index is -0.867. The smallest absolute Gasteiger partial charge is 0.343 e. The van der Waals surface area contributed by atoms with E-state index in [4.69, 9.17) is 9.47 Å². The first kappa shape index (κ1) is 23.2. The fraction of sp³-hybridized carbons (Fsp3) is 0.120. The van der Waals surface area contributed by atoms with Gasteiger partial charge in [0.1, 0.15) is 11.5 Å². The molecule has 0 saturated carbocycles. The first-order chi connectivity index (χ1) is 16.0. The topological polar surface area (TPSA) is 106 Å². The van der Waals surface area contributed by atoms with E-state index in [-0.39, 0.29) is 6.54 Å². The fourth-order valence-electron chi connectivity index (χ4n) is 2.79. The molecule has 0 aliphatic heterocycles. The third-order valence-electron chi connectivity index (χ3n) is 4.62. The summed E-state index contributed by atoms with van der Waals surface area (Å²) < 4.78 is 10.5. The Morgan fingerprint density at radius 1 is 0.818 bits per heavy atom. The standard InChI is InChI=1S/C25H23N3O5/c1-17(27-28-24(30)23(29)26-16-18-7-4-3-5-8-18)19-11-13-21(14-12-19)33-25(31)20-9-6-10-22(15-20)32-2/h3-15H,16H2,1-2H3,(H,26,29)(H,28,30). The van der Waals surface area contributed by atoms with Gasteiger partial charge in [0.05, 0.1) is 18.4 Å². The molecule has 0 atom stereocenters. The van der Waals surface area contributed by atoms with Gasteiger partial charge in [-0.1, -0.05) is 36.4 Å². The molecule has 8 heteroatoms. The number of hydrogen-bond donors (Lipinski definition) is 2. The van der Waals surface area contributed by atoms with Crippen LogP contribution in [0.3, 0.4) is 0 Å². The van der Waals surface area contributed by atoms with E-state index in [1.807, 2.05) is 30.3 Å². The summed E-state index contributed by atoms with van der Waals surface area (Å²) in [5, 5.41) is 6.49. The van der Waals surface area contributed by atoms with E-state index in [1.165, 1.54) is 7.11 Å². The summed E-state index contributed by atoms with van der Waals surface area (Å²) in [6, 6.07) is 22.5. The zero-order valence-electron chi connectivity index (χ0n) is 18.2. The van der Waals surface area contributed by atoms with Crippen LogP contribution in [0.5, 0.6) is 11.5 Å². The second-order valence-electron chi connectivity index (χ2n) is 6.95. The molecule has 0 aromatic heterocycles. The minimum Gasteiger partial charge on any atom is -0.497 e. The SMILES string of the molecule is COc1cccc(C(=O)Oc2ccc(C(C)=NNC(=O)C(=O)NCc3ccccc3)cc2)c1. The Hall–Kier alpha value is -4.46. The number of methoxy groups -OCH3 is 1. The molecule has 0 aliphatic carbocycles. The van der Waals surface area contributed by atoms with Crippen molar-refractivity contribution in [3.05, 3.63) is 95.6 Å². The molecule has 0 bridgehead atoms. The zero-order chi connectivity index (χ0) is 23.6. The molecule has 2 amide bonds. The molecule has 0 heterocycles. The highest BCUT2D eigenvalue weighted by molar-refractivity contribution is 6.35. The number of rotatable bonds is 7. The van der Waals surface area contributed by atoms with E-state index in [0.29, 0.717) is 28.3 Å². The Kier molecular flexibility index (Phi) is 7.91. The van der Waals surface area contributed by atoms with Crippen molar-refractivity contribution in [2.24, 2.45) is 5.10 Å². The van der Waals surface area contributed by atoms with E-state index in [1.54, 1.807) is 55.5 Å². The van der Waals surface area contributed by atoms with Crippen LogP contribution in [0.25, 0.3) is 0 Å². The van der Waals surface area contributed by atoms with Gasteiger partial charge in [-0.2, -0.15) is 5.10 Å². The van der Waals surface area contributed by atoms with Crippen LogP contribution in [0.1, 0.15) is 28.4 Å². The predicted octanol–water partition coefficient (Wildman–Crippen LogP) is 3.07. The Morgan fingerprint density at radius 2 is 1.55 bits per heavy atom. The summed E-state index contributed by atoms with van der Waals surface area (Å²) in [6.07, 6.45) is 0. The number of hydrazone groups is 1. The van der Waals surface area contributed by atoms with Crippen LogP contribution in [0.2, 0.25) is 0 Å². The van der Waals surface area contributed by atoms with Crippen LogP contribution < -0.4 is 20.2 Å². The molecule has 0 radical (unpaired) electrons. The maximum absolute atomic E-state index is 12.3. The highest BCUT2D eigenvalue weighted by Gasteiger charge is 2.13. The second kappa shape index (κ2) is 11.2. The number of hydrogen-bond acceptors (Lipinski definition) is 6. The number of esters is 1. The van der Waals surface area contributed by atoms with Gasteiger partial charge in [0.2, 0.25) is 0 Å². The normalized spacial score (nSPS) is 10.8. The quantitative estimate of drug-likeness (QED) is 0.191. The van der Waals surface area contributed by atoms with Crippen molar-refractivity contribution in [3.8, 4) is 11.5 Å². The number of nitrogens with zero attached hydrogens (tertiary/aromatic N) is 1. The van der Waals surface area contributed by atoms with Crippen LogP contribution in [0.15, 0.2) is 84.0 Å². The van der Waals surface area contributed by atoms with Crippen molar-refractivity contribution in [3.63, 3.8) is 0 Å². The number of amides is 2. The largest absolute Gasteiger partial charge is 0.497 e. The van der Waals surface area contributed by atoms with Gasteiger partial charge in [-0.15, -0.1) is 0 Å². The number of nitrogens with one attached hydrogen (secondary N) is 2. The summed E-state index contributed by atoms with van der Waals surface area (Å²) >= 11 is 0. The lowest BCUT2D eigenvalue weighted by Gasteiger charge is -2.07. The average molecular weight is 445 g/mol. The number of benzene rings is 3. The average Bonchev–Trinajstić information content (AvgIpc) is 2.86. The molecular weight excluding hydrogens is 422 g/mol. The van der Waals surface area contributed by atoms with Crippen molar-refractivity contribution in [2.75, 3.05) is 7.11 Å². The maximum Gasteiger partial charge on any atom is 0.343 e. The van der Waals surface area contributed by atoms with Gasteiger partial charge >= 0.3 is 17.8 Å². The maximum atomic E-state index is 12.3. The molecule has 0 saturated heterocycles. The Morgan fingerprint density at radius 3 is 2.24 bits per heavy atom. The van der Waals surface area contributed by atoms with Crippen LogP contribution in [-0.2, 0) is 16.1 Å². The number of carbonyl (C=O) groups is 3. The van der Waals surface area contributed by atoms with Gasteiger partial charge in [-0.05, 0) is 60.5 Å². The molecule has 0 spiro atoms. The lowest BCUT2D eigenvalue weighted by Crippen LogP contribution is -2.37. The summed E-state index contributed by atoms with van der Waals surface area (Å²) in [5.41, 5.74) is 4.64. The summed E-state index contributed by atoms with van der Waals surface area (Å²) in [7, 11) is 1.52. The second-order valence-corrected chi connectivity index (χ2v) is 6.95. The summed E-state index contributed by atoms with van der Waals surface area (Å²) in [5.74, 6) is -1.25. The molecule has 0 fully saturated rings. The Bertz CT molecular complexity index is 1160. The fourth-order valence-corrected chi connectivity index (χ4v) is 2.79. The van der Waals surface area contributed by atoms with Gasteiger partial charge in [0, 0.05) is 6.54 Å². The van der Waals surface area contributed by atoms with E-state index in [9.17, 15) is 14.4 Å². The first-order valence-corrected chi connectivity index (χ1v) is 10.1. The van der Waals surface area contributed by atoms with E-state index in [2.05, 4.69) is 15.8 Å². The first-order valence-electron chi connectivity index (χ1n) is 10.1. The molecule has 168 valence electrons. The monoisotopic (exact) mass is 445 g/mol. The van der Waals surface area contributed by atoms with Gasteiger partial charge in [0.25, 0.3) is 0 Å². The third-order valence-corrected chi connectivity index (χ3v) is 4.62. The molecule has 0 aliphatic rings. The van der Waals surface area contributed by atoms with E-state index >= 15 is 0 Å². The molecule has 33 heavy (non-hydrogen) atoms. The summed E-state index contributed by atoms with van der Waals surface area (Å²) in [4.78, 5) is 36.2. The van der Waals surface area contributed by atoms with Crippen LogP contribution in [0, 0.1) is 0 Å². The van der Waals surface area contributed by atoms with Gasteiger partial charge < -0.3 is 14.8 Å². The molecule has 3 aromatic rings. The highest BCUT2D eigenvalue weighted by Crippen LogP contribution is 2.17. The lowest BCUT2D eigenvalue weighted by atomic mass is 10.1. The lowest BCUT2D eigenvalue weighted by molar-refractivity contribution is -0.139. The molecular formula is C25H23N3O5. The van der Waals surface area contributed by atoms with Crippen LogP contribution in [0.4, 0.5) is 0 Å². The zero-order valence-corrected chi connectivity index (χ0v) is 18.2. The Balaban J connectivity index is 1.53. The van der Waals surface area contributed by atoms with Gasteiger partial charge in [-0.3, -0.25) is 9.59 Å². The van der Waals surface area contributed by atoms with E-state index < -0.39 is 17.8 Å². The molecule has 2 N–H and O–H groups in total. The van der Waals surface area contributed by atoms with Gasteiger partial charge in [-0.25, -0.2) is 10.2 Å². The minimum absolute atomic E-state index is 0.242. The molecule has 3 rings (SSSR count). The van der Waals surface area contributed by atoms with Gasteiger partial charge in [0.15, 0.2) is 0 Å². The van der Waals surface area contributed by atoms with Crippen molar-refractivity contribution in [2.45, 2.75) is 13.5 Å². The van der Waals surface area contributed by atoms with Crippen molar-refractivity contribution >= 4 is 23.5 Å². The number of ether oxygens (including phenoxy) is 2. The predicted molar refractivity (Wildman–Crippen MR) is 123 cm³/mol. The van der Waals surface area contributed by atoms with Crippen LogP contribution >= 0.6 is 0 Å². The third kappa shape index (κ3) is 6.76. The molecule has 8 nitrogen and oxygen atoms in total. The number of carbonyl (C=O) groups excluding carboxylic acids is 3. The van der Waals surface area contributed by atoms with E-state index in [0.717, 1.165) is 5.56 Å². The van der Waals surface area contributed by atoms with Crippen molar-refractivity contribution in [1.82, 2.24) is 10.7 Å². The van der Waals surface area contributed by atoms with Crippen molar-refractivity contribution in [1.29, 1.82) is 0 Å². The molecule has 3 aromatic carbocycles. The van der Waals surface area contributed by atoms with Crippen molar-refractivity contribution < 1.29 is 23.9 Å². The van der Waals surface area contributed by atoms with Crippen LogP contribution in [-0.4, -0.2) is 30.6 Å². The Labute approximate surface area is 191 Å². The summed E-state index contributed by atoms with van der Waals surface area (Å²) in [6.45, 7) is 1.92. The highest BCUT2D eigenvalue weighted by atomic mass is 16.5. The molecule has 0 unspecified atom stereocenters.